The molecule has 0 saturated carbocycles. The molecule has 1 aromatic carbocycles. The van der Waals surface area contributed by atoms with Crippen molar-refractivity contribution < 1.29 is 13.6 Å². The van der Waals surface area contributed by atoms with Crippen molar-refractivity contribution in [1.29, 1.82) is 0 Å². The maximum atomic E-state index is 13.8. The number of carbonyl (C=O) groups is 1. The molecule has 0 radical (unpaired) electrons. The highest BCUT2D eigenvalue weighted by molar-refractivity contribution is 7.10. The minimum atomic E-state index is -0.730. The standard InChI is InChI=1S/C15H17F2N3OS/c1-9(13-5-4-6-22-13)18-15(21)19-10-7-11(16)14(20(2)3)12(17)8-10/h4-9H,1-3H3,(H2,18,19,21)/t9-/m0/s1. The third-order valence-corrected chi connectivity index (χ3v) is 4.09. The van der Waals surface area contributed by atoms with Crippen LogP contribution >= 0.6 is 11.3 Å². The van der Waals surface area contributed by atoms with Gasteiger partial charge in [0.05, 0.1) is 6.04 Å². The van der Waals surface area contributed by atoms with Gasteiger partial charge in [-0.3, -0.25) is 0 Å². The number of rotatable bonds is 4. The van der Waals surface area contributed by atoms with E-state index in [1.807, 2.05) is 24.4 Å². The minimum Gasteiger partial charge on any atom is -0.373 e. The third kappa shape index (κ3) is 3.73. The Balaban J connectivity index is 2.06. The van der Waals surface area contributed by atoms with Gasteiger partial charge in [0.2, 0.25) is 0 Å². The Morgan fingerprint density at radius 1 is 1.27 bits per heavy atom. The number of nitrogens with one attached hydrogen (secondary N) is 2. The molecule has 0 spiro atoms. The van der Waals surface area contributed by atoms with Gasteiger partial charge in [0.15, 0.2) is 11.6 Å². The van der Waals surface area contributed by atoms with Crippen LogP contribution in [0, 0.1) is 11.6 Å². The van der Waals surface area contributed by atoms with Crippen molar-refractivity contribution >= 4 is 28.7 Å². The zero-order valence-electron chi connectivity index (χ0n) is 12.5. The van der Waals surface area contributed by atoms with E-state index in [1.54, 1.807) is 14.1 Å². The lowest BCUT2D eigenvalue weighted by Gasteiger charge is -2.17. The normalized spacial score (nSPS) is 11.9. The summed E-state index contributed by atoms with van der Waals surface area (Å²) in [6.45, 7) is 1.84. The summed E-state index contributed by atoms with van der Waals surface area (Å²) in [6.07, 6.45) is 0. The second kappa shape index (κ2) is 6.74. The van der Waals surface area contributed by atoms with E-state index in [4.69, 9.17) is 0 Å². The first kappa shape index (κ1) is 16.2. The van der Waals surface area contributed by atoms with Crippen LogP contribution in [0.15, 0.2) is 29.6 Å². The van der Waals surface area contributed by atoms with Gasteiger partial charge in [-0.25, -0.2) is 13.6 Å². The fourth-order valence-corrected chi connectivity index (χ4v) is 2.77. The Hall–Kier alpha value is -2.15. The first-order valence-corrected chi connectivity index (χ1v) is 7.53. The van der Waals surface area contributed by atoms with Gasteiger partial charge in [-0.2, -0.15) is 0 Å². The molecular weight excluding hydrogens is 308 g/mol. The Kier molecular flexibility index (Phi) is 4.97. The number of anilines is 2. The molecule has 0 aliphatic carbocycles. The number of amides is 2. The highest BCUT2D eigenvalue weighted by Gasteiger charge is 2.15. The second-order valence-electron chi connectivity index (χ2n) is 5.02. The van der Waals surface area contributed by atoms with E-state index in [2.05, 4.69) is 10.6 Å². The van der Waals surface area contributed by atoms with Crippen molar-refractivity contribution in [2.45, 2.75) is 13.0 Å². The molecule has 7 heteroatoms. The zero-order valence-corrected chi connectivity index (χ0v) is 13.3. The molecule has 0 saturated heterocycles. The second-order valence-corrected chi connectivity index (χ2v) is 6.00. The molecule has 2 aromatic rings. The van der Waals surface area contributed by atoms with Crippen LogP contribution in [-0.4, -0.2) is 20.1 Å². The molecule has 0 fully saturated rings. The molecule has 118 valence electrons. The summed E-state index contributed by atoms with van der Waals surface area (Å²) in [4.78, 5) is 14.2. The van der Waals surface area contributed by atoms with E-state index >= 15 is 0 Å². The van der Waals surface area contributed by atoms with E-state index in [-0.39, 0.29) is 17.4 Å². The van der Waals surface area contributed by atoms with Gasteiger partial charge in [-0.05, 0) is 30.5 Å². The summed E-state index contributed by atoms with van der Waals surface area (Å²) in [5, 5.41) is 7.06. The molecule has 1 heterocycles. The zero-order chi connectivity index (χ0) is 16.3. The number of benzene rings is 1. The van der Waals surface area contributed by atoms with Gasteiger partial charge in [0.25, 0.3) is 0 Å². The summed E-state index contributed by atoms with van der Waals surface area (Å²) >= 11 is 1.52. The summed E-state index contributed by atoms with van der Waals surface area (Å²) in [5.74, 6) is -1.46. The SMILES string of the molecule is C[C@H](NC(=O)Nc1cc(F)c(N(C)C)c(F)c1)c1cccs1. The molecule has 1 aromatic heterocycles. The highest BCUT2D eigenvalue weighted by Crippen LogP contribution is 2.25. The molecule has 2 N–H and O–H groups in total. The van der Waals surface area contributed by atoms with Gasteiger partial charge in [-0.15, -0.1) is 11.3 Å². The molecule has 2 rings (SSSR count). The molecule has 22 heavy (non-hydrogen) atoms. The molecule has 4 nitrogen and oxygen atoms in total. The predicted octanol–water partition coefficient (Wildman–Crippen LogP) is 3.98. The number of halogens is 2. The van der Waals surface area contributed by atoms with Crippen LogP contribution < -0.4 is 15.5 Å². The predicted molar refractivity (Wildman–Crippen MR) is 85.6 cm³/mol. The maximum Gasteiger partial charge on any atom is 0.319 e. The van der Waals surface area contributed by atoms with Crippen LogP contribution in [0.2, 0.25) is 0 Å². The van der Waals surface area contributed by atoms with Crippen molar-refractivity contribution in [2.75, 3.05) is 24.3 Å². The van der Waals surface area contributed by atoms with Crippen molar-refractivity contribution in [3.05, 3.63) is 46.2 Å². The molecule has 1 atom stereocenters. The summed E-state index contributed by atoms with van der Waals surface area (Å²) in [5.41, 5.74) is -0.0746. The Labute approximate surface area is 131 Å². The van der Waals surface area contributed by atoms with E-state index in [0.29, 0.717) is 0 Å². The van der Waals surface area contributed by atoms with Crippen LogP contribution in [0.4, 0.5) is 25.0 Å². The quantitative estimate of drug-likeness (QED) is 0.893. The smallest absolute Gasteiger partial charge is 0.319 e. The van der Waals surface area contributed by atoms with Gasteiger partial charge in [-0.1, -0.05) is 6.07 Å². The van der Waals surface area contributed by atoms with Crippen LogP contribution in [0.5, 0.6) is 0 Å². The van der Waals surface area contributed by atoms with Crippen LogP contribution in [0.25, 0.3) is 0 Å². The fraction of sp³-hybridized carbons (Fsp3) is 0.267. The lowest BCUT2D eigenvalue weighted by Crippen LogP contribution is -2.30. The van der Waals surface area contributed by atoms with Gasteiger partial charge >= 0.3 is 6.03 Å². The lowest BCUT2D eigenvalue weighted by atomic mass is 10.2. The topological polar surface area (TPSA) is 44.4 Å². The molecule has 2 amide bonds. The van der Waals surface area contributed by atoms with E-state index < -0.39 is 17.7 Å². The van der Waals surface area contributed by atoms with Crippen LogP contribution in [0.3, 0.4) is 0 Å². The number of hydrogen-bond donors (Lipinski definition) is 2. The average Bonchev–Trinajstić information content (AvgIpc) is 2.90. The van der Waals surface area contributed by atoms with Gasteiger partial charge in [0, 0.05) is 24.7 Å². The third-order valence-electron chi connectivity index (χ3n) is 3.04. The van der Waals surface area contributed by atoms with Crippen molar-refractivity contribution in [1.82, 2.24) is 5.32 Å². The average molecular weight is 325 g/mol. The van der Waals surface area contributed by atoms with Gasteiger partial charge < -0.3 is 15.5 Å². The van der Waals surface area contributed by atoms with Crippen molar-refractivity contribution in [3.63, 3.8) is 0 Å². The number of carbonyl (C=O) groups excluding carboxylic acids is 1. The molecule has 0 unspecified atom stereocenters. The summed E-state index contributed by atoms with van der Waals surface area (Å²) < 4.78 is 27.7. The highest BCUT2D eigenvalue weighted by atomic mass is 32.1. The Morgan fingerprint density at radius 2 is 1.91 bits per heavy atom. The minimum absolute atomic E-state index is 0.0662. The van der Waals surface area contributed by atoms with Gasteiger partial charge in [0.1, 0.15) is 5.69 Å². The number of thiophene rings is 1. The summed E-state index contributed by atoms with van der Waals surface area (Å²) in [6, 6.07) is 5.27. The lowest BCUT2D eigenvalue weighted by molar-refractivity contribution is 0.249. The number of urea groups is 1. The van der Waals surface area contributed by atoms with E-state index in [0.717, 1.165) is 17.0 Å². The largest absolute Gasteiger partial charge is 0.373 e. The molecule has 0 aliphatic heterocycles. The number of nitrogens with zero attached hydrogens (tertiary/aromatic N) is 1. The van der Waals surface area contributed by atoms with Crippen LogP contribution in [-0.2, 0) is 0 Å². The Morgan fingerprint density at radius 3 is 2.41 bits per heavy atom. The first-order chi connectivity index (χ1) is 10.4. The molecule has 0 aliphatic rings. The van der Waals surface area contributed by atoms with Crippen LogP contribution in [0.1, 0.15) is 17.8 Å². The maximum absolute atomic E-state index is 13.8. The number of hydrogen-bond acceptors (Lipinski definition) is 3. The first-order valence-electron chi connectivity index (χ1n) is 6.65. The van der Waals surface area contributed by atoms with E-state index in [1.165, 1.54) is 16.2 Å². The Bertz CT molecular complexity index is 636. The molecular formula is C15H17F2N3OS. The van der Waals surface area contributed by atoms with Crippen molar-refractivity contribution in [2.24, 2.45) is 0 Å². The van der Waals surface area contributed by atoms with Crippen molar-refractivity contribution in [3.8, 4) is 0 Å². The van der Waals surface area contributed by atoms with E-state index in [9.17, 15) is 13.6 Å². The fourth-order valence-electron chi connectivity index (χ4n) is 2.04. The molecule has 0 bridgehead atoms. The summed E-state index contributed by atoms with van der Waals surface area (Å²) in [7, 11) is 3.09. The monoisotopic (exact) mass is 325 g/mol.